The second-order valence-corrected chi connectivity index (χ2v) is 4.05. The molecule has 0 aromatic carbocycles. The standard InChI is InChI=1S/C12H19N5O2/c1-2-3-6-18-7-8-19-12-11-14-4-5-17(11)9-10(15-12)16-13/h4-5,9,16H,2-3,6-8,13H2,1H3. The average Bonchev–Trinajstić information content (AvgIpc) is 2.90. The van der Waals surface area contributed by atoms with E-state index in [-0.39, 0.29) is 0 Å². The third-order valence-corrected chi connectivity index (χ3v) is 2.60. The van der Waals surface area contributed by atoms with Gasteiger partial charge in [-0.2, -0.15) is 4.98 Å². The molecule has 0 radical (unpaired) electrons. The first-order valence-corrected chi connectivity index (χ1v) is 6.36. The summed E-state index contributed by atoms with van der Waals surface area (Å²) in [6.45, 7) is 3.86. The summed E-state index contributed by atoms with van der Waals surface area (Å²) in [5, 5.41) is 0. The Kier molecular flexibility index (Phi) is 4.93. The maximum Gasteiger partial charge on any atom is 0.260 e. The minimum Gasteiger partial charge on any atom is -0.473 e. The predicted octanol–water partition coefficient (Wildman–Crippen LogP) is 1.21. The van der Waals surface area contributed by atoms with E-state index in [4.69, 9.17) is 15.3 Å². The molecule has 19 heavy (non-hydrogen) atoms. The molecule has 7 nitrogen and oxygen atoms in total. The van der Waals surface area contributed by atoms with Crippen molar-refractivity contribution in [3.8, 4) is 5.88 Å². The van der Waals surface area contributed by atoms with Gasteiger partial charge in [-0.25, -0.2) is 10.8 Å². The Labute approximate surface area is 111 Å². The van der Waals surface area contributed by atoms with Gasteiger partial charge in [-0.15, -0.1) is 0 Å². The van der Waals surface area contributed by atoms with Crippen LogP contribution in [0, 0.1) is 0 Å². The highest BCUT2D eigenvalue weighted by Gasteiger charge is 2.08. The van der Waals surface area contributed by atoms with Crippen molar-refractivity contribution in [2.24, 2.45) is 5.84 Å². The van der Waals surface area contributed by atoms with Gasteiger partial charge in [0.2, 0.25) is 5.65 Å². The van der Waals surface area contributed by atoms with Crippen LogP contribution in [0.5, 0.6) is 5.88 Å². The van der Waals surface area contributed by atoms with Crippen molar-refractivity contribution in [3.05, 3.63) is 18.6 Å². The molecule has 2 heterocycles. The summed E-state index contributed by atoms with van der Waals surface area (Å²) < 4.78 is 12.8. The molecule has 104 valence electrons. The molecular formula is C12H19N5O2. The van der Waals surface area contributed by atoms with E-state index in [0.29, 0.717) is 30.6 Å². The van der Waals surface area contributed by atoms with E-state index in [2.05, 4.69) is 22.3 Å². The molecular weight excluding hydrogens is 246 g/mol. The van der Waals surface area contributed by atoms with Crippen molar-refractivity contribution < 1.29 is 9.47 Å². The molecule has 0 saturated heterocycles. The summed E-state index contributed by atoms with van der Waals surface area (Å²) in [5.41, 5.74) is 3.16. The molecule has 3 N–H and O–H groups in total. The van der Waals surface area contributed by atoms with Gasteiger partial charge in [0.1, 0.15) is 6.61 Å². The molecule has 0 amide bonds. The lowest BCUT2D eigenvalue weighted by Crippen LogP contribution is -2.13. The monoisotopic (exact) mass is 265 g/mol. The Hall–Kier alpha value is -1.86. The predicted molar refractivity (Wildman–Crippen MR) is 72.0 cm³/mol. The number of hydrogen-bond acceptors (Lipinski definition) is 6. The largest absolute Gasteiger partial charge is 0.473 e. The summed E-state index contributed by atoms with van der Waals surface area (Å²) in [6, 6.07) is 0. The van der Waals surface area contributed by atoms with E-state index in [1.165, 1.54) is 0 Å². The third kappa shape index (κ3) is 3.55. The van der Waals surface area contributed by atoms with Crippen LogP contribution in [0.25, 0.3) is 5.65 Å². The zero-order chi connectivity index (χ0) is 13.5. The van der Waals surface area contributed by atoms with E-state index in [1.807, 2.05) is 6.20 Å². The van der Waals surface area contributed by atoms with Crippen molar-refractivity contribution >= 4 is 11.5 Å². The molecule has 0 aliphatic heterocycles. The topological polar surface area (TPSA) is 86.7 Å². The molecule has 0 atom stereocenters. The Morgan fingerprint density at radius 3 is 3.05 bits per heavy atom. The number of anilines is 1. The maximum atomic E-state index is 5.59. The average molecular weight is 265 g/mol. The van der Waals surface area contributed by atoms with E-state index >= 15 is 0 Å². The Morgan fingerprint density at radius 1 is 1.37 bits per heavy atom. The van der Waals surface area contributed by atoms with E-state index in [9.17, 15) is 0 Å². The molecule has 0 aliphatic rings. The van der Waals surface area contributed by atoms with Crippen LogP contribution in [0.15, 0.2) is 18.6 Å². The Morgan fingerprint density at radius 2 is 2.26 bits per heavy atom. The van der Waals surface area contributed by atoms with Gasteiger partial charge in [-0.1, -0.05) is 13.3 Å². The van der Waals surface area contributed by atoms with E-state index in [0.717, 1.165) is 19.4 Å². The van der Waals surface area contributed by atoms with Gasteiger partial charge in [-0.05, 0) is 6.42 Å². The van der Waals surface area contributed by atoms with Crippen molar-refractivity contribution in [2.45, 2.75) is 19.8 Å². The second kappa shape index (κ2) is 6.91. The van der Waals surface area contributed by atoms with Crippen molar-refractivity contribution in [3.63, 3.8) is 0 Å². The lowest BCUT2D eigenvalue weighted by molar-refractivity contribution is 0.0969. The molecule has 0 spiro atoms. The summed E-state index contributed by atoms with van der Waals surface area (Å²) in [5.74, 6) is 6.33. The SMILES string of the molecule is CCCCOCCOc1nc(NN)cn2ccnc12. The number of nitrogens with two attached hydrogens (primary N) is 1. The number of nitrogens with zero attached hydrogens (tertiary/aromatic N) is 3. The summed E-state index contributed by atoms with van der Waals surface area (Å²) in [7, 11) is 0. The molecule has 2 aromatic rings. The van der Waals surface area contributed by atoms with Crippen LogP contribution < -0.4 is 16.0 Å². The van der Waals surface area contributed by atoms with Gasteiger partial charge < -0.3 is 14.9 Å². The Balaban J connectivity index is 1.93. The van der Waals surface area contributed by atoms with Gasteiger partial charge in [0, 0.05) is 19.0 Å². The first kappa shape index (κ1) is 13.6. The van der Waals surface area contributed by atoms with Crippen LogP contribution >= 0.6 is 0 Å². The molecule has 0 fully saturated rings. The highest BCUT2D eigenvalue weighted by atomic mass is 16.5. The van der Waals surface area contributed by atoms with E-state index in [1.54, 1.807) is 16.8 Å². The zero-order valence-corrected chi connectivity index (χ0v) is 11.0. The minimum atomic E-state index is 0.438. The first-order chi connectivity index (χ1) is 9.35. The molecule has 0 aliphatic carbocycles. The highest BCUT2D eigenvalue weighted by Crippen LogP contribution is 2.17. The number of hydrogen-bond donors (Lipinski definition) is 2. The number of fused-ring (bicyclic) bond motifs is 1. The van der Waals surface area contributed by atoms with Crippen LogP contribution in [0.3, 0.4) is 0 Å². The first-order valence-electron chi connectivity index (χ1n) is 6.36. The fourth-order valence-electron chi connectivity index (χ4n) is 1.61. The fraction of sp³-hybridized carbons (Fsp3) is 0.500. The van der Waals surface area contributed by atoms with Gasteiger partial charge >= 0.3 is 0 Å². The van der Waals surface area contributed by atoms with Crippen molar-refractivity contribution in [2.75, 3.05) is 25.2 Å². The van der Waals surface area contributed by atoms with E-state index < -0.39 is 0 Å². The van der Waals surface area contributed by atoms with Gasteiger partial charge in [0.25, 0.3) is 5.88 Å². The number of hydrazine groups is 1. The van der Waals surface area contributed by atoms with Crippen LogP contribution in [0.2, 0.25) is 0 Å². The normalized spacial score (nSPS) is 10.8. The highest BCUT2D eigenvalue weighted by molar-refractivity contribution is 5.53. The number of ether oxygens (including phenoxy) is 2. The summed E-state index contributed by atoms with van der Waals surface area (Å²) in [6.07, 6.45) is 7.42. The lowest BCUT2D eigenvalue weighted by atomic mass is 10.4. The number of nitrogen functional groups attached to an aromatic ring is 1. The van der Waals surface area contributed by atoms with Crippen molar-refractivity contribution in [1.82, 2.24) is 14.4 Å². The molecule has 0 unspecified atom stereocenters. The number of imidazole rings is 1. The van der Waals surface area contributed by atoms with Crippen LogP contribution in [0.1, 0.15) is 19.8 Å². The van der Waals surface area contributed by atoms with Crippen molar-refractivity contribution in [1.29, 1.82) is 0 Å². The maximum absolute atomic E-state index is 5.59. The Bertz CT molecular complexity index is 514. The number of aromatic nitrogens is 3. The molecule has 0 bridgehead atoms. The van der Waals surface area contributed by atoms with Crippen LogP contribution in [-0.4, -0.2) is 34.2 Å². The number of rotatable bonds is 8. The summed E-state index contributed by atoms with van der Waals surface area (Å²) in [4.78, 5) is 8.42. The van der Waals surface area contributed by atoms with Gasteiger partial charge in [0.15, 0.2) is 5.82 Å². The molecule has 7 heteroatoms. The van der Waals surface area contributed by atoms with Crippen LogP contribution in [0.4, 0.5) is 5.82 Å². The van der Waals surface area contributed by atoms with Gasteiger partial charge in [-0.3, -0.25) is 4.40 Å². The quantitative estimate of drug-likeness (QED) is 0.424. The summed E-state index contributed by atoms with van der Waals surface area (Å²) >= 11 is 0. The second-order valence-electron chi connectivity index (χ2n) is 4.05. The molecule has 0 saturated carbocycles. The number of unbranched alkanes of at least 4 members (excludes halogenated alkanes) is 1. The van der Waals surface area contributed by atoms with Crippen LogP contribution in [-0.2, 0) is 4.74 Å². The van der Waals surface area contributed by atoms with Gasteiger partial charge in [0.05, 0.1) is 12.8 Å². The molecule has 2 rings (SSSR count). The smallest absolute Gasteiger partial charge is 0.260 e. The zero-order valence-electron chi connectivity index (χ0n) is 11.0. The lowest BCUT2D eigenvalue weighted by Gasteiger charge is -2.09. The minimum absolute atomic E-state index is 0.438. The molecule has 2 aromatic heterocycles. The number of nitrogens with one attached hydrogen (secondary N) is 1. The third-order valence-electron chi connectivity index (χ3n) is 2.60. The fourth-order valence-corrected chi connectivity index (χ4v) is 1.61.